The zero-order valence-electron chi connectivity index (χ0n) is 5.46. The Labute approximate surface area is 53.9 Å². The van der Waals surface area contributed by atoms with Gasteiger partial charge in [-0.15, -0.1) is 0 Å². The Kier molecular flexibility index (Phi) is 0.810. The van der Waals surface area contributed by atoms with Crippen LogP contribution in [0.1, 0.15) is 6.42 Å². The van der Waals surface area contributed by atoms with Gasteiger partial charge in [0, 0.05) is 18.6 Å². The topological polar surface area (TPSA) is 4.93 Å². The normalized spacial score (nSPS) is 14.3. The smallest absolute Gasteiger partial charge is 0.0437 e. The minimum Gasteiger partial charge on any atom is -0.351 e. The Morgan fingerprint density at radius 1 is 1.44 bits per heavy atom. The molecule has 1 aromatic heterocycles. The second kappa shape index (κ2) is 1.50. The Balaban J connectivity index is 3.01. The van der Waals surface area contributed by atoms with Crippen molar-refractivity contribution >= 4 is 12.2 Å². The van der Waals surface area contributed by atoms with Crippen molar-refractivity contribution in [3.8, 4) is 0 Å². The van der Waals surface area contributed by atoms with Gasteiger partial charge in [0.2, 0.25) is 0 Å². The Morgan fingerprint density at radius 2 is 2.33 bits per heavy atom. The third-order valence-corrected chi connectivity index (χ3v) is 1.80. The van der Waals surface area contributed by atoms with Crippen molar-refractivity contribution in [2.75, 3.05) is 0 Å². The van der Waals surface area contributed by atoms with Gasteiger partial charge in [0.25, 0.3) is 0 Å². The lowest BCUT2D eigenvalue weighted by atomic mass is 10.4. The second-order valence-electron chi connectivity index (χ2n) is 2.41. The van der Waals surface area contributed by atoms with Crippen molar-refractivity contribution in [2.45, 2.75) is 6.42 Å². The van der Waals surface area contributed by atoms with E-state index in [1.165, 1.54) is 10.6 Å². The molecule has 0 aromatic carbocycles. The molecule has 0 radical (unpaired) electrons. The van der Waals surface area contributed by atoms with Crippen LogP contribution in [0, 0.1) is 0 Å². The van der Waals surface area contributed by atoms with Crippen molar-refractivity contribution < 1.29 is 0 Å². The van der Waals surface area contributed by atoms with Gasteiger partial charge in [-0.05, 0) is 17.7 Å². The van der Waals surface area contributed by atoms with Crippen LogP contribution in [0.2, 0.25) is 0 Å². The first-order valence-corrected chi connectivity index (χ1v) is 3.19. The average Bonchev–Trinajstić information content (AvgIpc) is 2.35. The van der Waals surface area contributed by atoms with Crippen LogP contribution in [0.15, 0.2) is 12.3 Å². The lowest BCUT2D eigenvalue weighted by molar-refractivity contribution is 0.889. The number of nitrogens with zero attached hydrogens (tertiary/aromatic N) is 1. The van der Waals surface area contributed by atoms with Crippen LogP contribution in [-0.4, -0.2) is 4.57 Å². The van der Waals surface area contributed by atoms with E-state index in [1.807, 2.05) is 0 Å². The summed E-state index contributed by atoms with van der Waals surface area (Å²) in [6, 6.07) is 2.15. The molecule has 1 aliphatic rings. The molecular formula is C8H9N. The number of aromatic nitrogens is 1. The number of aryl methyl sites for hydroxylation is 1. The molecule has 0 saturated carbocycles. The van der Waals surface area contributed by atoms with Crippen molar-refractivity contribution in [3.05, 3.63) is 22.8 Å². The fraction of sp³-hybridized carbons (Fsp3) is 0.250. The van der Waals surface area contributed by atoms with E-state index < -0.39 is 0 Å². The molecule has 0 aliphatic heterocycles. The van der Waals surface area contributed by atoms with Crippen LogP contribution in [0.4, 0.5) is 0 Å². The molecule has 1 aliphatic carbocycles. The maximum atomic E-state index is 2.25. The third kappa shape index (κ3) is 0.545. The van der Waals surface area contributed by atoms with E-state index in [2.05, 4.69) is 36.0 Å². The van der Waals surface area contributed by atoms with E-state index in [0.29, 0.717) is 0 Å². The molecule has 1 aromatic rings. The SMILES string of the molecule is Cn1ccc2c1=CCC=2. The maximum absolute atomic E-state index is 2.25. The molecule has 2 rings (SSSR count). The first-order chi connectivity index (χ1) is 4.38. The van der Waals surface area contributed by atoms with Gasteiger partial charge >= 0.3 is 0 Å². The largest absolute Gasteiger partial charge is 0.351 e. The highest BCUT2D eigenvalue weighted by molar-refractivity contribution is 5.44. The van der Waals surface area contributed by atoms with Crippen LogP contribution < -0.4 is 10.6 Å². The minimum absolute atomic E-state index is 1.11. The first-order valence-electron chi connectivity index (χ1n) is 3.19. The van der Waals surface area contributed by atoms with Crippen LogP contribution in [0.5, 0.6) is 0 Å². The standard InChI is InChI=1S/C8H9N/c1-9-6-5-7-3-2-4-8(7)9/h3-6H,2H2,1H3. The lowest BCUT2D eigenvalue weighted by Gasteiger charge is -1.85. The number of rotatable bonds is 0. The highest BCUT2D eigenvalue weighted by atomic mass is 14.9. The second-order valence-corrected chi connectivity index (χ2v) is 2.41. The molecule has 0 spiro atoms. The van der Waals surface area contributed by atoms with Gasteiger partial charge in [0.15, 0.2) is 0 Å². The predicted octanol–water partition coefficient (Wildman–Crippen LogP) is -0.0102. The van der Waals surface area contributed by atoms with E-state index in [0.717, 1.165) is 6.42 Å². The Morgan fingerprint density at radius 3 is 3.11 bits per heavy atom. The molecule has 1 heterocycles. The van der Waals surface area contributed by atoms with E-state index in [9.17, 15) is 0 Å². The van der Waals surface area contributed by atoms with Crippen molar-refractivity contribution in [2.24, 2.45) is 7.05 Å². The predicted molar refractivity (Wildman–Crippen MR) is 38.2 cm³/mol. The lowest BCUT2D eigenvalue weighted by Crippen LogP contribution is -2.23. The van der Waals surface area contributed by atoms with Crippen LogP contribution in [0.25, 0.3) is 12.2 Å². The number of hydrogen-bond acceptors (Lipinski definition) is 0. The van der Waals surface area contributed by atoms with Gasteiger partial charge in [-0.3, -0.25) is 0 Å². The summed E-state index contributed by atoms with van der Waals surface area (Å²) in [6.45, 7) is 0. The first kappa shape index (κ1) is 4.86. The molecule has 1 nitrogen and oxygen atoms in total. The summed E-state index contributed by atoms with van der Waals surface area (Å²) < 4.78 is 2.15. The zero-order chi connectivity index (χ0) is 6.27. The maximum Gasteiger partial charge on any atom is 0.0437 e. The average molecular weight is 119 g/mol. The highest BCUT2D eigenvalue weighted by Gasteiger charge is 1.93. The molecule has 0 saturated heterocycles. The fourth-order valence-electron chi connectivity index (χ4n) is 1.29. The summed E-state index contributed by atoms with van der Waals surface area (Å²) in [4.78, 5) is 0. The molecule has 0 amide bonds. The molecule has 0 N–H and O–H groups in total. The highest BCUT2D eigenvalue weighted by Crippen LogP contribution is 1.87. The molecular weight excluding hydrogens is 110 g/mol. The quantitative estimate of drug-likeness (QED) is 0.452. The van der Waals surface area contributed by atoms with Gasteiger partial charge in [-0.25, -0.2) is 0 Å². The van der Waals surface area contributed by atoms with Crippen LogP contribution in [0.3, 0.4) is 0 Å². The van der Waals surface area contributed by atoms with E-state index in [-0.39, 0.29) is 0 Å². The Hall–Kier alpha value is -0.980. The summed E-state index contributed by atoms with van der Waals surface area (Å²) in [5, 5.41) is 2.76. The van der Waals surface area contributed by atoms with Gasteiger partial charge in [0.1, 0.15) is 0 Å². The molecule has 1 heteroatoms. The van der Waals surface area contributed by atoms with Crippen molar-refractivity contribution in [1.29, 1.82) is 0 Å². The van der Waals surface area contributed by atoms with Gasteiger partial charge in [-0.2, -0.15) is 0 Å². The van der Waals surface area contributed by atoms with E-state index in [4.69, 9.17) is 0 Å². The molecule has 0 bridgehead atoms. The van der Waals surface area contributed by atoms with Gasteiger partial charge in [-0.1, -0.05) is 12.2 Å². The summed E-state index contributed by atoms with van der Waals surface area (Å²) in [7, 11) is 2.08. The monoisotopic (exact) mass is 119 g/mol. The number of fused-ring (bicyclic) bond motifs is 1. The van der Waals surface area contributed by atoms with E-state index in [1.54, 1.807) is 0 Å². The zero-order valence-corrected chi connectivity index (χ0v) is 5.46. The Bertz CT molecular complexity index is 330. The number of hydrogen-bond donors (Lipinski definition) is 0. The van der Waals surface area contributed by atoms with E-state index >= 15 is 0 Å². The molecule has 0 fully saturated rings. The summed E-state index contributed by atoms with van der Waals surface area (Å²) in [5.41, 5.74) is 0. The van der Waals surface area contributed by atoms with Gasteiger partial charge in [0.05, 0.1) is 0 Å². The minimum atomic E-state index is 1.11. The third-order valence-electron chi connectivity index (χ3n) is 1.80. The van der Waals surface area contributed by atoms with Crippen molar-refractivity contribution in [3.63, 3.8) is 0 Å². The fourth-order valence-corrected chi connectivity index (χ4v) is 1.29. The molecule has 46 valence electrons. The van der Waals surface area contributed by atoms with Crippen LogP contribution >= 0.6 is 0 Å². The molecule has 0 atom stereocenters. The summed E-state index contributed by atoms with van der Waals surface area (Å²) in [5.74, 6) is 0. The summed E-state index contributed by atoms with van der Waals surface area (Å²) >= 11 is 0. The van der Waals surface area contributed by atoms with Gasteiger partial charge < -0.3 is 4.57 Å². The van der Waals surface area contributed by atoms with Crippen LogP contribution in [-0.2, 0) is 7.05 Å². The van der Waals surface area contributed by atoms with Crippen molar-refractivity contribution in [1.82, 2.24) is 4.57 Å². The molecule has 0 unspecified atom stereocenters. The summed E-state index contributed by atoms with van der Waals surface area (Å²) in [6.07, 6.45) is 7.70. The molecule has 9 heavy (non-hydrogen) atoms.